The Balaban J connectivity index is 3.76. The number of ether oxygens (including phenoxy) is 2. The quantitative estimate of drug-likeness (QED) is 0.321. The molecule has 0 aliphatic heterocycles. The molecule has 7 heteroatoms. The van der Waals surface area contributed by atoms with Crippen LogP contribution in [0.25, 0.3) is 0 Å². The Morgan fingerprint density at radius 3 is 1.52 bits per heavy atom. The van der Waals surface area contributed by atoms with Crippen molar-refractivity contribution in [3.63, 3.8) is 0 Å². The second kappa shape index (κ2) is 14.9. The molecule has 0 bridgehead atoms. The molecular weight excluding hydrogens is 292 g/mol. The lowest BCUT2D eigenvalue weighted by atomic mass is 10.4. The smallest absolute Gasteiger partial charge is 0.379 e. The highest BCUT2D eigenvalue weighted by molar-refractivity contribution is 6.53. The van der Waals surface area contributed by atoms with Gasteiger partial charge in [-0.25, -0.2) is 0 Å². The van der Waals surface area contributed by atoms with E-state index in [0.717, 1.165) is 19.4 Å². The Morgan fingerprint density at radius 1 is 0.571 bits per heavy atom. The first kappa shape index (κ1) is 21.0. The number of unbranched alkanes of at least 4 members (excludes halogenated alkanes) is 1. The maximum absolute atomic E-state index is 5.70. The molecule has 0 amide bonds. The zero-order valence-electron chi connectivity index (χ0n) is 14.0. The zero-order valence-corrected chi connectivity index (χ0v) is 15.0. The minimum absolute atomic E-state index is 0.390. The van der Waals surface area contributed by atoms with E-state index in [1.807, 2.05) is 20.8 Å². The largest absolute Gasteiger partial charge is 0.679 e. The SMILES string of the molecule is CCCCOCCOCCO[Si](OCC)(OCC)OCC. The molecule has 0 atom stereocenters. The van der Waals surface area contributed by atoms with E-state index in [1.54, 1.807) is 0 Å². The van der Waals surface area contributed by atoms with Crippen LogP contribution in [0.1, 0.15) is 40.5 Å². The summed E-state index contributed by atoms with van der Waals surface area (Å²) in [5.41, 5.74) is 0. The Labute approximate surface area is 130 Å². The van der Waals surface area contributed by atoms with E-state index in [-0.39, 0.29) is 0 Å². The van der Waals surface area contributed by atoms with Gasteiger partial charge < -0.3 is 27.2 Å². The summed E-state index contributed by atoms with van der Waals surface area (Å²) in [6, 6.07) is 0. The summed E-state index contributed by atoms with van der Waals surface area (Å²) in [4.78, 5) is 0. The summed E-state index contributed by atoms with van der Waals surface area (Å²) in [6.07, 6.45) is 2.24. The van der Waals surface area contributed by atoms with Gasteiger partial charge in [-0.05, 0) is 27.2 Å². The van der Waals surface area contributed by atoms with Gasteiger partial charge in [0.25, 0.3) is 0 Å². The highest BCUT2D eigenvalue weighted by atomic mass is 28.4. The molecule has 128 valence electrons. The summed E-state index contributed by atoms with van der Waals surface area (Å²) in [5.74, 6) is 0. The van der Waals surface area contributed by atoms with Crippen LogP contribution in [0, 0.1) is 0 Å². The highest BCUT2D eigenvalue weighted by Gasteiger charge is 2.44. The first-order valence-electron chi connectivity index (χ1n) is 7.95. The lowest BCUT2D eigenvalue weighted by molar-refractivity contribution is -0.0427. The van der Waals surface area contributed by atoms with Gasteiger partial charge in [-0.15, -0.1) is 0 Å². The van der Waals surface area contributed by atoms with Crippen molar-refractivity contribution in [2.75, 3.05) is 52.9 Å². The fraction of sp³-hybridized carbons (Fsp3) is 1.00. The second-order valence-corrected chi connectivity index (χ2v) is 6.38. The van der Waals surface area contributed by atoms with Gasteiger partial charge in [0.1, 0.15) is 0 Å². The highest BCUT2D eigenvalue weighted by Crippen LogP contribution is 2.11. The van der Waals surface area contributed by atoms with Crippen LogP contribution in [-0.2, 0) is 27.2 Å². The minimum Gasteiger partial charge on any atom is -0.379 e. The third kappa shape index (κ3) is 11.2. The normalized spacial score (nSPS) is 12.0. The number of hydrogen-bond acceptors (Lipinski definition) is 6. The maximum Gasteiger partial charge on any atom is 0.679 e. The van der Waals surface area contributed by atoms with E-state index in [4.69, 9.17) is 27.2 Å². The van der Waals surface area contributed by atoms with Crippen LogP contribution in [-0.4, -0.2) is 61.9 Å². The molecule has 0 saturated heterocycles. The van der Waals surface area contributed by atoms with Crippen LogP contribution in [0.4, 0.5) is 0 Å². The van der Waals surface area contributed by atoms with Crippen molar-refractivity contribution in [2.45, 2.75) is 40.5 Å². The van der Waals surface area contributed by atoms with Gasteiger partial charge in [-0.3, -0.25) is 0 Å². The van der Waals surface area contributed by atoms with Gasteiger partial charge in [-0.1, -0.05) is 13.3 Å². The summed E-state index contributed by atoms with van der Waals surface area (Å²) in [5, 5.41) is 0. The molecule has 0 aliphatic carbocycles. The van der Waals surface area contributed by atoms with Gasteiger partial charge >= 0.3 is 9.05 Å². The third-order valence-electron chi connectivity index (χ3n) is 2.48. The first-order chi connectivity index (χ1) is 10.2. The van der Waals surface area contributed by atoms with Crippen molar-refractivity contribution in [1.29, 1.82) is 0 Å². The van der Waals surface area contributed by atoms with Crippen molar-refractivity contribution in [3.05, 3.63) is 0 Å². The van der Waals surface area contributed by atoms with Crippen LogP contribution in [0.3, 0.4) is 0 Å². The average Bonchev–Trinajstić information content (AvgIpc) is 2.46. The first-order valence-corrected chi connectivity index (χ1v) is 9.59. The van der Waals surface area contributed by atoms with Crippen molar-refractivity contribution in [2.24, 2.45) is 0 Å². The van der Waals surface area contributed by atoms with E-state index < -0.39 is 9.05 Å². The van der Waals surface area contributed by atoms with Gasteiger partial charge in [0.05, 0.1) is 26.4 Å². The number of hydrogen-bond donors (Lipinski definition) is 0. The summed E-state index contributed by atoms with van der Waals surface area (Å²) in [7, 11) is -2.99. The van der Waals surface area contributed by atoms with E-state index in [1.165, 1.54) is 0 Å². The van der Waals surface area contributed by atoms with Crippen LogP contribution in [0.2, 0.25) is 0 Å². The zero-order chi connectivity index (χ0) is 15.8. The average molecular weight is 324 g/mol. The molecule has 0 aromatic heterocycles. The Bertz CT molecular complexity index is 201. The van der Waals surface area contributed by atoms with E-state index in [0.29, 0.717) is 46.2 Å². The molecule has 0 heterocycles. The van der Waals surface area contributed by atoms with E-state index in [9.17, 15) is 0 Å². The van der Waals surface area contributed by atoms with Crippen molar-refractivity contribution >= 4 is 9.05 Å². The number of rotatable bonds is 16. The standard InChI is InChI=1S/C14H32O6Si/c1-5-9-10-15-11-12-16-13-14-20-21(17-6-2,18-7-3)19-8-4/h5-14H2,1-4H3. The summed E-state index contributed by atoms with van der Waals surface area (Å²) in [6.45, 7) is 12.2. The lowest BCUT2D eigenvalue weighted by Gasteiger charge is -2.26. The second-order valence-electron chi connectivity index (χ2n) is 4.23. The Kier molecular flexibility index (Phi) is 14.9. The molecule has 21 heavy (non-hydrogen) atoms. The molecular formula is C14H32O6Si. The molecule has 0 spiro atoms. The molecule has 0 saturated carbocycles. The molecule has 6 nitrogen and oxygen atoms in total. The monoisotopic (exact) mass is 324 g/mol. The van der Waals surface area contributed by atoms with Crippen molar-refractivity contribution in [1.82, 2.24) is 0 Å². The van der Waals surface area contributed by atoms with Gasteiger partial charge in [-0.2, -0.15) is 0 Å². The van der Waals surface area contributed by atoms with Crippen LogP contribution < -0.4 is 0 Å². The summed E-state index contributed by atoms with van der Waals surface area (Å²) >= 11 is 0. The predicted molar refractivity (Wildman–Crippen MR) is 83.1 cm³/mol. The predicted octanol–water partition coefficient (Wildman–Crippen LogP) is 2.38. The van der Waals surface area contributed by atoms with Crippen LogP contribution >= 0.6 is 0 Å². The molecule has 0 aromatic rings. The summed E-state index contributed by atoms with van der Waals surface area (Å²) < 4.78 is 33.3. The fourth-order valence-electron chi connectivity index (χ4n) is 1.57. The van der Waals surface area contributed by atoms with Crippen molar-refractivity contribution in [3.8, 4) is 0 Å². The van der Waals surface area contributed by atoms with Gasteiger partial charge in [0.2, 0.25) is 0 Å². The Hall–Kier alpha value is -0.0231. The molecule has 0 aliphatic rings. The molecule has 0 N–H and O–H groups in total. The van der Waals surface area contributed by atoms with Crippen LogP contribution in [0.5, 0.6) is 0 Å². The maximum atomic E-state index is 5.70. The minimum atomic E-state index is -2.99. The van der Waals surface area contributed by atoms with Gasteiger partial charge in [0.15, 0.2) is 0 Å². The van der Waals surface area contributed by atoms with E-state index in [2.05, 4.69) is 6.92 Å². The topological polar surface area (TPSA) is 55.4 Å². The molecule has 0 rings (SSSR count). The Morgan fingerprint density at radius 2 is 1.05 bits per heavy atom. The molecule has 0 fully saturated rings. The third-order valence-corrected chi connectivity index (χ3v) is 4.97. The lowest BCUT2D eigenvalue weighted by Crippen LogP contribution is -2.50. The van der Waals surface area contributed by atoms with Crippen LogP contribution in [0.15, 0.2) is 0 Å². The molecule has 0 aromatic carbocycles. The van der Waals surface area contributed by atoms with E-state index >= 15 is 0 Å². The molecule has 0 unspecified atom stereocenters. The molecule has 0 radical (unpaired) electrons. The fourth-order valence-corrected chi connectivity index (χ4v) is 3.47. The van der Waals surface area contributed by atoms with Crippen molar-refractivity contribution < 1.29 is 27.2 Å². The van der Waals surface area contributed by atoms with Gasteiger partial charge in [0, 0.05) is 26.4 Å².